The molecule has 0 spiro atoms. The van der Waals surface area contributed by atoms with Gasteiger partial charge in [0.25, 0.3) is 0 Å². The van der Waals surface area contributed by atoms with Crippen LogP contribution in [-0.2, 0) is 6.54 Å². The average Bonchev–Trinajstić information content (AvgIpc) is 2.63. The van der Waals surface area contributed by atoms with Crippen molar-refractivity contribution in [3.8, 4) is 0 Å². The van der Waals surface area contributed by atoms with Crippen LogP contribution in [0.3, 0.4) is 0 Å². The molecule has 2 heterocycles. The van der Waals surface area contributed by atoms with E-state index in [4.69, 9.17) is 17.3 Å². The van der Waals surface area contributed by atoms with Crippen molar-refractivity contribution in [1.29, 1.82) is 0 Å². The molecule has 6 nitrogen and oxygen atoms in total. The summed E-state index contributed by atoms with van der Waals surface area (Å²) >= 11 is 5.77. The van der Waals surface area contributed by atoms with E-state index in [0.717, 1.165) is 37.7 Å². The first-order valence-electron chi connectivity index (χ1n) is 7.64. The van der Waals surface area contributed by atoms with Crippen LogP contribution in [0.15, 0.2) is 41.7 Å². The summed E-state index contributed by atoms with van der Waals surface area (Å²) in [6.45, 7) is 3.43. The number of benzene rings is 1. The molecule has 1 saturated heterocycles. The summed E-state index contributed by atoms with van der Waals surface area (Å²) in [5, 5.41) is 0.0951. The van der Waals surface area contributed by atoms with Gasteiger partial charge in [-0.25, -0.2) is 19.4 Å². The fraction of sp³-hybridized carbons (Fsp3) is 0.312. The van der Waals surface area contributed by atoms with Crippen LogP contribution in [0.25, 0.3) is 0 Å². The summed E-state index contributed by atoms with van der Waals surface area (Å²) in [6, 6.07) is 6.36. The van der Waals surface area contributed by atoms with E-state index in [1.807, 2.05) is 4.90 Å². The molecule has 24 heavy (non-hydrogen) atoms. The molecule has 1 aliphatic heterocycles. The third kappa shape index (κ3) is 3.91. The van der Waals surface area contributed by atoms with Crippen LogP contribution in [0.1, 0.15) is 5.56 Å². The van der Waals surface area contributed by atoms with Crippen molar-refractivity contribution < 1.29 is 4.39 Å². The standard InChI is InChI=1S/C16H18ClFN6/c17-13-10-12(2-3-14(13)18)11-22-15(19)23-6-8-24(9-7-23)16-20-4-1-5-21-16/h1-5,10H,6-9,11H2,(H2,19,22). The van der Waals surface area contributed by atoms with Crippen LogP contribution < -0.4 is 10.6 Å². The molecule has 0 bridgehead atoms. The quantitative estimate of drug-likeness (QED) is 0.677. The van der Waals surface area contributed by atoms with Gasteiger partial charge in [0.2, 0.25) is 5.95 Å². The summed E-state index contributed by atoms with van der Waals surface area (Å²) in [6.07, 6.45) is 3.47. The Bertz CT molecular complexity index is 716. The first kappa shape index (κ1) is 16.4. The van der Waals surface area contributed by atoms with Gasteiger partial charge >= 0.3 is 0 Å². The molecule has 0 saturated carbocycles. The summed E-state index contributed by atoms with van der Waals surface area (Å²) < 4.78 is 13.1. The maximum atomic E-state index is 13.1. The molecular weight excluding hydrogens is 331 g/mol. The van der Waals surface area contributed by atoms with E-state index in [9.17, 15) is 4.39 Å². The van der Waals surface area contributed by atoms with E-state index >= 15 is 0 Å². The molecule has 126 valence electrons. The normalized spacial score (nSPS) is 15.7. The number of aromatic nitrogens is 2. The predicted molar refractivity (Wildman–Crippen MR) is 92.6 cm³/mol. The molecule has 2 N–H and O–H groups in total. The highest BCUT2D eigenvalue weighted by Gasteiger charge is 2.19. The molecule has 1 aromatic heterocycles. The SMILES string of the molecule is NC(=NCc1ccc(F)c(Cl)c1)N1CCN(c2ncccn2)CC1. The van der Waals surface area contributed by atoms with Crippen molar-refractivity contribution in [3.05, 3.63) is 53.1 Å². The fourth-order valence-corrected chi connectivity index (χ4v) is 2.70. The molecular formula is C16H18ClFN6. The second-order valence-electron chi connectivity index (χ2n) is 5.45. The highest BCUT2D eigenvalue weighted by molar-refractivity contribution is 6.30. The first-order chi connectivity index (χ1) is 11.6. The van der Waals surface area contributed by atoms with E-state index in [0.29, 0.717) is 12.5 Å². The van der Waals surface area contributed by atoms with Gasteiger partial charge in [0.1, 0.15) is 5.82 Å². The van der Waals surface area contributed by atoms with Gasteiger partial charge in [-0.15, -0.1) is 0 Å². The fourth-order valence-electron chi connectivity index (χ4n) is 2.50. The number of rotatable bonds is 3. The molecule has 0 atom stereocenters. The molecule has 2 aromatic rings. The van der Waals surface area contributed by atoms with E-state index < -0.39 is 5.82 Å². The molecule has 8 heteroatoms. The van der Waals surface area contributed by atoms with Crippen LogP contribution in [0.4, 0.5) is 10.3 Å². The Morgan fingerprint density at radius 2 is 1.92 bits per heavy atom. The third-order valence-electron chi connectivity index (χ3n) is 3.85. The zero-order valence-corrected chi connectivity index (χ0v) is 13.8. The first-order valence-corrected chi connectivity index (χ1v) is 8.02. The number of guanidine groups is 1. The number of piperazine rings is 1. The number of nitrogens with two attached hydrogens (primary N) is 1. The zero-order chi connectivity index (χ0) is 16.9. The van der Waals surface area contributed by atoms with E-state index in [1.165, 1.54) is 6.07 Å². The molecule has 0 amide bonds. The summed E-state index contributed by atoms with van der Waals surface area (Å²) in [5.74, 6) is 0.773. The van der Waals surface area contributed by atoms with Crippen LogP contribution in [0, 0.1) is 5.82 Å². The molecule has 1 aromatic carbocycles. The lowest BCUT2D eigenvalue weighted by Gasteiger charge is -2.35. The van der Waals surface area contributed by atoms with Gasteiger partial charge in [-0.05, 0) is 23.8 Å². The van der Waals surface area contributed by atoms with Gasteiger partial charge in [0.15, 0.2) is 5.96 Å². The molecule has 0 unspecified atom stereocenters. The molecule has 1 fully saturated rings. The van der Waals surface area contributed by atoms with Crippen LogP contribution in [0.5, 0.6) is 0 Å². The summed E-state index contributed by atoms with van der Waals surface area (Å²) in [5.41, 5.74) is 6.89. The summed E-state index contributed by atoms with van der Waals surface area (Å²) in [4.78, 5) is 17.0. The third-order valence-corrected chi connectivity index (χ3v) is 4.14. The lowest BCUT2D eigenvalue weighted by atomic mass is 10.2. The lowest BCUT2D eigenvalue weighted by Crippen LogP contribution is -2.51. The Kier molecular flexibility index (Phi) is 5.10. The number of hydrogen-bond donors (Lipinski definition) is 1. The second-order valence-corrected chi connectivity index (χ2v) is 5.85. The number of halogens is 2. The molecule has 0 aliphatic carbocycles. The van der Waals surface area contributed by atoms with Gasteiger partial charge in [-0.3, -0.25) is 0 Å². The minimum Gasteiger partial charge on any atom is -0.370 e. The summed E-state index contributed by atoms with van der Waals surface area (Å²) in [7, 11) is 0. The van der Waals surface area contributed by atoms with Crippen molar-refractivity contribution in [2.75, 3.05) is 31.1 Å². The lowest BCUT2D eigenvalue weighted by molar-refractivity contribution is 0.378. The van der Waals surface area contributed by atoms with Gasteiger partial charge < -0.3 is 15.5 Å². The van der Waals surface area contributed by atoms with Crippen molar-refractivity contribution in [1.82, 2.24) is 14.9 Å². The predicted octanol–water partition coefficient (Wildman–Crippen LogP) is 1.91. The Hall–Kier alpha value is -2.41. The van der Waals surface area contributed by atoms with Gasteiger partial charge in [-0.2, -0.15) is 0 Å². The highest BCUT2D eigenvalue weighted by Crippen LogP contribution is 2.16. The number of nitrogens with zero attached hydrogens (tertiary/aromatic N) is 5. The van der Waals surface area contributed by atoms with E-state index in [-0.39, 0.29) is 5.02 Å². The minimum absolute atomic E-state index is 0.0951. The maximum Gasteiger partial charge on any atom is 0.225 e. The van der Waals surface area contributed by atoms with Crippen molar-refractivity contribution in [2.24, 2.45) is 10.7 Å². The Morgan fingerprint density at radius 3 is 2.58 bits per heavy atom. The van der Waals surface area contributed by atoms with E-state index in [2.05, 4.69) is 19.9 Å². The number of anilines is 1. The molecule has 3 rings (SSSR count). The smallest absolute Gasteiger partial charge is 0.225 e. The topological polar surface area (TPSA) is 70.6 Å². The van der Waals surface area contributed by atoms with Gasteiger partial charge in [0.05, 0.1) is 11.6 Å². The van der Waals surface area contributed by atoms with Gasteiger partial charge in [0, 0.05) is 38.6 Å². The Balaban J connectivity index is 1.56. The maximum absolute atomic E-state index is 13.1. The number of aliphatic imine (C=N–C) groups is 1. The zero-order valence-electron chi connectivity index (χ0n) is 13.1. The van der Waals surface area contributed by atoms with Crippen molar-refractivity contribution in [3.63, 3.8) is 0 Å². The second kappa shape index (κ2) is 7.44. The highest BCUT2D eigenvalue weighted by atomic mass is 35.5. The van der Waals surface area contributed by atoms with Crippen LogP contribution in [-0.4, -0.2) is 47.0 Å². The van der Waals surface area contributed by atoms with Crippen LogP contribution in [0.2, 0.25) is 5.02 Å². The molecule has 0 radical (unpaired) electrons. The number of hydrogen-bond acceptors (Lipinski definition) is 4. The Morgan fingerprint density at radius 1 is 1.21 bits per heavy atom. The van der Waals surface area contributed by atoms with Crippen molar-refractivity contribution in [2.45, 2.75) is 6.54 Å². The van der Waals surface area contributed by atoms with Gasteiger partial charge in [-0.1, -0.05) is 17.7 Å². The van der Waals surface area contributed by atoms with Crippen molar-refractivity contribution >= 4 is 23.5 Å². The monoisotopic (exact) mass is 348 g/mol. The average molecular weight is 349 g/mol. The minimum atomic E-state index is -0.434. The largest absolute Gasteiger partial charge is 0.370 e. The molecule has 1 aliphatic rings. The van der Waals surface area contributed by atoms with E-state index in [1.54, 1.807) is 30.6 Å². The Labute approximate surface area is 144 Å². The van der Waals surface area contributed by atoms with Crippen LogP contribution >= 0.6 is 11.6 Å².